The van der Waals surface area contributed by atoms with Gasteiger partial charge < -0.3 is 10.6 Å². The molecule has 1 aliphatic heterocycles. The first-order chi connectivity index (χ1) is 10.8. The SMILES string of the molecule is O=C(Nc1ccc2ccccc2n1)C1CC2CCCCC2N1. The van der Waals surface area contributed by atoms with Crippen molar-refractivity contribution in [1.29, 1.82) is 0 Å². The van der Waals surface area contributed by atoms with Crippen LogP contribution >= 0.6 is 0 Å². The van der Waals surface area contributed by atoms with Crippen LogP contribution in [0.2, 0.25) is 0 Å². The second-order valence-corrected chi connectivity index (χ2v) is 6.48. The molecule has 1 saturated heterocycles. The van der Waals surface area contributed by atoms with E-state index in [0.717, 1.165) is 17.3 Å². The first-order valence-electron chi connectivity index (χ1n) is 8.22. The molecule has 0 radical (unpaired) electrons. The molecule has 0 bridgehead atoms. The van der Waals surface area contributed by atoms with E-state index >= 15 is 0 Å². The van der Waals surface area contributed by atoms with Gasteiger partial charge in [0.15, 0.2) is 0 Å². The largest absolute Gasteiger partial charge is 0.309 e. The maximum Gasteiger partial charge on any atom is 0.242 e. The average molecular weight is 295 g/mol. The minimum Gasteiger partial charge on any atom is -0.309 e. The van der Waals surface area contributed by atoms with E-state index < -0.39 is 0 Å². The molecule has 2 N–H and O–H groups in total. The van der Waals surface area contributed by atoms with E-state index in [-0.39, 0.29) is 11.9 Å². The van der Waals surface area contributed by atoms with Crippen molar-refractivity contribution in [2.75, 3.05) is 5.32 Å². The highest BCUT2D eigenvalue weighted by Crippen LogP contribution is 2.33. The van der Waals surface area contributed by atoms with Crippen LogP contribution in [0.5, 0.6) is 0 Å². The molecular formula is C18H21N3O. The van der Waals surface area contributed by atoms with Crippen LogP contribution in [-0.4, -0.2) is 23.0 Å². The van der Waals surface area contributed by atoms with Crippen molar-refractivity contribution in [2.45, 2.75) is 44.2 Å². The van der Waals surface area contributed by atoms with E-state index in [1.54, 1.807) is 0 Å². The van der Waals surface area contributed by atoms with Crippen molar-refractivity contribution >= 4 is 22.6 Å². The maximum absolute atomic E-state index is 12.5. The van der Waals surface area contributed by atoms with E-state index in [0.29, 0.717) is 17.8 Å². The molecule has 4 rings (SSSR count). The number of pyridine rings is 1. The second-order valence-electron chi connectivity index (χ2n) is 6.48. The van der Waals surface area contributed by atoms with Crippen LogP contribution in [-0.2, 0) is 4.79 Å². The summed E-state index contributed by atoms with van der Waals surface area (Å²) in [5.74, 6) is 1.37. The normalized spacial score (nSPS) is 27.5. The van der Waals surface area contributed by atoms with Crippen molar-refractivity contribution in [1.82, 2.24) is 10.3 Å². The van der Waals surface area contributed by atoms with Gasteiger partial charge in [-0.15, -0.1) is 0 Å². The third-order valence-electron chi connectivity index (χ3n) is 5.03. The van der Waals surface area contributed by atoms with Gasteiger partial charge in [-0.1, -0.05) is 31.0 Å². The van der Waals surface area contributed by atoms with Crippen LogP contribution in [0.15, 0.2) is 36.4 Å². The third kappa shape index (κ3) is 2.59. The van der Waals surface area contributed by atoms with Crippen LogP contribution in [0.1, 0.15) is 32.1 Å². The van der Waals surface area contributed by atoms with Crippen molar-refractivity contribution in [3.63, 3.8) is 0 Å². The summed E-state index contributed by atoms with van der Waals surface area (Å²) in [6.07, 6.45) is 6.03. The number of para-hydroxylation sites is 1. The van der Waals surface area contributed by atoms with Gasteiger partial charge in [0.05, 0.1) is 11.6 Å². The van der Waals surface area contributed by atoms with Crippen molar-refractivity contribution in [3.05, 3.63) is 36.4 Å². The van der Waals surface area contributed by atoms with E-state index in [1.165, 1.54) is 25.7 Å². The molecule has 4 nitrogen and oxygen atoms in total. The zero-order valence-corrected chi connectivity index (χ0v) is 12.6. The summed E-state index contributed by atoms with van der Waals surface area (Å²) in [4.78, 5) is 17.0. The summed E-state index contributed by atoms with van der Waals surface area (Å²) < 4.78 is 0. The highest BCUT2D eigenvalue weighted by Gasteiger charge is 2.38. The lowest BCUT2D eigenvalue weighted by atomic mass is 9.85. The predicted octanol–water partition coefficient (Wildman–Crippen LogP) is 3.09. The van der Waals surface area contributed by atoms with Crippen molar-refractivity contribution in [2.24, 2.45) is 5.92 Å². The number of rotatable bonds is 2. The predicted molar refractivity (Wildman–Crippen MR) is 87.7 cm³/mol. The van der Waals surface area contributed by atoms with Crippen molar-refractivity contribution < 1.29 is 4.79 Å². The fourth-order valence-electron chi connectivity index (χ4n) is 3.87. The molecule has 1 aliphatic carbocycles. The van der Waals surface area contributed by atoms with Crippen molar-refractivity contribution in [3.8, 4) is 0 Å². The van der Waals surface area contributed by atoms with Gasteiger partial charge in [0, 0.05) is 11.4 Å². The van der Waals surface area contributed by atoms with Gasteiger partial charge in [-0.25, -0.2) is 4.98 Å². The summed E-state index contributed by atoms with van der Waals surface area (Å²) >= 11 is 0. The zero-order valence-electron chi connectivity index (χ0n) is 12.6. The minimum atomic E-state index is -0.0682. The molecule has 3 unspecified atom stereocenters. The summed E-state index contributed by atoms with van der Waals surface area (Å²) in [5, 5.41) is 7.57. The molecule has 1 saturated carbocycles. The number of amides is 1. The van der Waals surface area contributed by atoms with Crippen LogP contribution in [0.4, 0.5) is 5.82 Å². The van der Waals surface area contributed by atoms with E-state index in [4.69, 9.17) is 0 Å². The maximum atomic E-state index is 12.5. The lowest BCUT2D eigenvalue weighted by Gasteiger charge is -2.24. The number of nitrogens with one attached hydrogen (secondary N) is 2. The highest BCUT2D eigenvalue weighted by molar-refractivity contribution is 5.95. The summed E-state index contributed by atoms with van der Waals surface area (Å²) in [7, 11) is 0. The summed E-state index contributed by atoms with van der Waals surface area (Å²) in [6, 6.07) is 12.3. The molecule has 2 aromatic rings. The van der Waals surface area contributed by atoms with Gasteiger partial charge in [-0.2, -0.15) is 0 Å². The second kappa shape index (κ2) is 5.69. The Balaban J connectivity index is 1.46. The zero-order chi connectivity index (χ0) is 14.9. The molecule has 1 amide bonds. The van der Waals surface area contributed by atoms with Crippen LogP contribution in [0, 0.1) is 5.92 Å². The fraction of sp³-hybridized carbons (Fsp3) is 0.444. The van der Waals surface area contributed by atoms with Crippen LogP contribution in [0.25, 0.3) is 10.9 Å². The molecular weight excluding hydrogens is 274 g/mol. The standard InChI is InChI=1S/C18H21N3O/c22-18(16-11-13-6-2-4-8-15(13)19-16)21-17-10-9-12-5-1-3-7-14(12)20-17/h1,3,5,7,9-10,13,15-16,19H,2,4,6,8,11H2,(H,20,21,22). The Kier molecular flexibility index (Phi) is 3.54. The number of aromatic nitrogens is 1. The molecule has 4 heteroatoms. The molecule has 22 heavy (non-hydrogen) atoms. The molecule has 1 aromatic heterocycles. The Morgan fingerprint density at radius 2 is 2.00 bits per heavy atom. The molecule has 0 spiro atoms. The molecule has 2 aliphatic rings. The lowest BCUT2D eigenvalue weighted by molar-refractivity contribution is -0.117. The third-order valence-corrected chi connectivity index (χ3v) is 5.03. The molecule has 3 atom stereocenters. The smallest absolute Gasteiger partial charge is 0.242 e. The first-order valence-corrected chi connectivity index (χ1v) is 8.22. The summed E-state index contributed by atoms with van der Waals surface area (Å²) in [5.41, 5.74) is 0.911. The number of hydrogen-bond acceptors (Lipinski definition) is 3. The van der Waals surface area contributed by atoms with Crippen LogP contribution in [0.3, 0.4) is 0 Å². The number of hydrogen-bond donors (Lipinski definition) is 2. The molecule has 114 valence electrons. The Morgan fingerprint density at radius 1 is 1.14 bits per heavy atom. The average Bonchev–Trinajstić information content (AvgIpc) is 2.99. The molecule has 1 aromatic carbocycles. The fourth-order valence-corrected chi connectivity index (χ4v) is 3.87. The number of anilines is 1. The number of carbonyl (C=O) groups excluding carboxylic acids is 1. The topological polar surface area (TPSA) is 54.0 Å². The first kappa shape index (κ1) is 13.7. The molecule has 2 fully saturated rings. The number of carbonyl (C=O) groups is 1. The Labute approximate surface area is 130 Å². The minimum absolute atomic E-state index is 0.0529. The summed E-state index contributed by atoms with van der Waals surface area (Å²) in [6.45, 7) is 0. The Morgan fingerprint density at radius 3 is 2.91 bits per heavy atom. The number of fused-ring (bicyclic) bond motifs is 2. The van der Waals surface area contributed by atoms with E-state index in [2.05, 4.69) is 15.6 Å². The quantitative estimate of drug-likeness (QED) is 0.895. The lowest BCUT2D eigenvalue weighted by Crippen LogP contribution is -2.40. The van der Waals surface area contributed by atoms with Gasteiger partial charge in [-0.3, -0.25) is 4.79 Å². The van der Waals surface area contributed by atoms with Gasteiger partial charge in [0.25, 0.3) is 0 Å². The van der Waals surface area contributed by atoms with E-state index in [9.17, 15) is 4.79 Å². The number of nitrogens with zero attached hydrogens (tertiary/aromatic N) is 1. The van der Waals surface area contributed by atoms with Gasteiger partial charge in [-0.05, 0) is 43.4 Å². The monoisotopic (exact) mass is 295 g/mol. The van der Waals surface area contributed by atoms with Gasteiger partial charge >= 0.3 is 0 Å². The van der Waals surface area contributed by atoms with E-state index in [1.807, 2.05) is 36.4 Å². The molecule has 2 heterocycles. The van der Waals surface area contributed by atoms with Crippen LogP contribution < -0.4 is 10.6 Å². The van der Waals surface area contributed by atoms with Gasteiger partial charge in [0.1, 0.15) is 5.82 Å². The number of benzene rings is 1. The Hall–Kier alpha value is -1.94. The highest BCUT2D eigenvalue weighted by atomic mass is 16.2. The Bertz CT molecular complexity index is 686. The van der Waals surface area contributed by atoms with Gasteiger partial charge in [0.2, 0.25) is 5.91 Å².